The van der Waals surface area contributed by atoms with Gasteiger partial charge >= 0.3 is 0 Å². The zero-order valence-corrected chi connectivity index (χ0v) is 7.32. The van der Waals surface area contributed by atoms with Crippen molar-refractivity contribution >= 4 is 28.7 Å². The average Bonchev–Trinajstić information content (AvgIpc) is 2.27. The first-order chi connectivity index (χ1) is 4.86. The minimum Gasteiger partial charge on any atom is -0.248 e. The van der Waals surface area contributed by atoms with Crippen molar-refractivity contribution in [2.24, 2.45) is 4.99 Å². The molecule has 2 heterocycles. The van der Waals surface area contributed by atoms with Crippen molar-refractivity contribution < 1.29 is 0 Å². The maximum Gasteiger partial charge on any atom is 0.155 e. The number of alkyl halides is 1. The van der Waals surface area contributed by atoms with Crippen LogP contribution in [0.3, 0.4) is 0 Å². The lowest BCUT2D eigenvalue weighted by molar-refractivity contribution is 1.08. The summed E-state index contributed by atoms with van der Waals surface area (Å²) in [5.41, 5.74) is 0.877. The summed E-state index contributed by atoms with van der Waals surface area (Å²) >= 11 is 2.27. The molecule has 1 aliphatic heterocycles. The van der Waals surface area contributed by atoms with Gasteiger partial charge in [-0.3, -0.25) is 0 Å². The van der Waals surface area contributed by atoms with Gasteiger partial charge in [-0.15, -0.1) is 0 Å². The summed E-state index contributed by atoms with van der Waals surface area (Å²) in [6, 6.07) is 3.96. The van der Waals surface area contributed by atoms with Crippen LogP contribution in [-0.2, 0) is 0 Å². The topological polar surface area (TPSA) is 25.2 Å². The minimum atomic E-state index is 0.280. The van der Waals surface area contributed by atoms with Gasteiger partial charge in [-0.25, -0.2) is 9.98 Å². The van der Waals surface area contributed by atoms with Crippen molar-refractivity contribution in [1.82, 2.24) is 4.98 Å². The van der Waals surface area contributed by atoms with Crippen LogP contribution in [0.4, 0.5) is 0 Å². The van der Waals surface area contributed by atoms with Crippen LogP contribution in [0, 0.1) is 0 Å². The highest BCUT2D eigenvalue weighted by molar-refractivity contribution is 14.1. The molecule has 2 rings (SSSR count). The maximum atomic E-state index is 4.27. The largest absolute Gasteiger partial charge is 0.248 e. The number of aromatic nitrogens is 1. The van der Waals surface area contributed by atoms with E-state index in [0.717, 1.165) is 10.7 Å². The number of nitrogens with zero attached hydrogens (tertiary/aromatic N) is 2. The number of pyridine rings is 1. The number of hydrogen-bond donors (Lipinski definition) is 0. The summed E-state index contributed by atoms with van der Waals surface area (Å²) in [5, 5.41) is 1.15. The second-order valence-electron chi connectivity index (χ2n) is 2.08. The first kappa shape index (κ1) is 6.27. The molecule has 1 atom stereocenters. The molecule has 10 heavy (non-hydrogen) atoms. The molecule has 1 aliphatic rings. The minimum absolute atomic E-state index is 0.280. The predicted octanol–water partition coefficient (Wildman–Crippen LogP) is 0.256. The first-order valence-corrected chi connectivity index (χ1v) is 4.25. The Balaban J connectivity index is 2.83. The van der Waals surface area contributed by atoms with E-state index in [2.05, 4.69) is 38.6 Å². The molecule has 0 unspecified atom stereocenters. The van der Waals surface area contributed by atoms with E-state index in [1.54, 1.807) is 6.20 Å². The van der Waals surface area contributed by atoms with Gasteiger partial charge in [0.2, 0.25) is 0 Å². The summed E-state index contributed by atoms with van der Waals surface area (Å²) < 4.78 is 0.280. The predicted molar refractivity (Wildman–Crippen MR) is 47.3 cm³/mol. The Morgan fingerprint density at radius 1 is 1.50 bits per heavy atom. The zero-order valence-electron chi connectivity index (χ0n) is 5.16. The van der Waals surface area contributed by atoms with E-state index in [-0.39, 0.29) is 4.05 Å². The molecule has 0 saturated carbocycles. The van der Waals surface area contributed by atoms with Crippen LogP contribution in [0.2, 0.25) is 0 Å². The van der Waals surface area contributed by atoms with Crippen molar-refractivity contribution in [3.05, 3.63) is 29.0 Å². The molecule has 0 amide bonds. The molecule has 0 saturated heterocycles. The normalized spacial score (nSPS) is 21.1. The molecule has 0 N–H and O–H groups in total. The van der Waals surface area contributed by atoms with Gasteiger partial charge in [0, 0.05) is 11.4 Å². The second kappa shape index (κ2) is 2.30. The fourth-order valence-corrected chi connectivity index (χ4v) is 1.60. The molecule has 50 valence electrons. The Morgan fingerprint density at radius 2 is 2.40 bits per heavy atom. The highest BCUT2D eigenvalue weighted by Gasteiger charge is 2.02. The Bertz CT molecular complexity index is 323. The van der Waals surface area contributed by atoms with E-state index in [1.807, 2.05) is 12.1 Å². The Kier molecular flexibility index (Phi) is 1.44. The second-order valence-corrected chi connectivity index (χ2v) is 3.36. The van der Waals surface area contributed by atoms with Gasteiger partial charge in [-0.05, 0) is 18.2 Å². The van der Waals surface area contributed by atoms with Gasteiger partial charge in [0.1, 0.15) is 4.05 Å². The lowest BCUT2D eigenvalue weighted by Crippen LogP contribution is -2.23. The average molecular weight is 244 g/mol. The number of fused-ring (bicyclic) bond motifs is 1. The molecule has 1 aromatic rings. The van der Waals surface area contributed by atoms with Gasteiger partial charge in [0.15, 0.2) is 5.49 Å². The molecule has 1 aromatic heterocycles. The van der Waals surface area contributed by atoms with E-state index < -0.39 is 0 Å². The third-order valence-corrected chi connectivity index (χ3v) is 2.02. The van der Waals surface area contributed by atoms with Crippen molar-refractivity contribution in [2.45, 2.75) is 4.05 Å². The molecular formula is C7H5IN2. The fourth-order valence-electron chi connectivity index (χ4n) is 0.950. The molecule has 0 spiro atoms. The third kappa shape index (κ3) is 0.941. The van der Waals surface area contributed by atoms with Crippen molar-refractivity contribution in [2.75, 3.05) is 0 Å². The molecule has 2 nitrogen and oxygen atoms in total. The standard InChI is InChI=1S/C7H5IN2/c8-6-4-5-2-1-3-9-7(5)10-6/h1-4,6H/t6-/m0/s1. The first-order valence-electron chi connectivity index (χ1n) is 3.01. The third-order valence-electron chi connectivity index (χ3n) is 1.38. The van der Waals surface area contributed by atoms with Gasteiger partial charge in [-0.2, -0.15) is 0 Å². The summed E-state index contributed by atoms with van der Waals surface area (Å²) in [5.74, 6) is 0. The van der Waals surface area contributed by atoms with E-state index in [9.17, 15) is 0 Å². The Morgan fingerprint density at radius 3 is 3.20 bits per heavy atom. The molecule has 0 aromatic carbocycles. The van der Waals surface area contributed by atoms with E-state index in [4.69, 9.17) is 0 Å². The zero-order chi connectivity index (χ0) is 6.97. The molecule has 3 heteroatoms. The van der Waals surface area contributed by atoms with Crippen LogP contribution in [0.5, 0.6) is 0 Å². The van der Waals surface area contributed by atoms with Crippen LogP contribution in [-0.4, -0.2) is 9.03 Å². The van der Waals surface area contributed by atoms with E-state index >= 15 is 0 Å². The monoisotopic (exact) mass is 244 g/mol. The van der Waals surface area contributed by atoms with Crippen molar-refractivity contribution in [3.63, 3.8) is 0 Å². The number of hydrogen-bond acceptors (Lipinski definition) is 2. The van der Waals surface area contributed by atoms with Crippen molar-refractivity contribution in [3.8, 4) is 0 Å². The lowest BCUT2D eigenvalue weighted by Gasteiger charge is -1.82. The molecule has 0 fully saturated rings. The van der Waals surface area contributed by atoms with Crippen LogP contribution in [0.25, 0.3) is 6.08 Å². The van der Waals surface area contributed by atoms with Gasteiger partial charge in [0.25, 0.3) is 0 Å². The summed E-state index contributed by atoms with van der Waals surface area (Å²) in [6.07, 6.45) is 3.87. The molecule has 0 bridgehead atoms. The smallest absolute Gasteiger partial charge is 0.155 e. The van der Waals surface area contributed by atoms with E-state index in [1.165, 1.54) is 0 Å². The number of halogens is 1. The van der Waals surface area contributed by atoms with Crippen LogP contribution >= 0.6 is 22.6 Å². The Labute approximate surface area is 71.8 Å². The Hall–Kier alpha value is -0.450. The fraction of sp³-hybridized carbons (Fsp3) is 0.143. The van der Waals surface area contributed by atoms with Crippen molar-refractivity contribution in [1.29, 1.82) is 0 Å². The van der Waals surface area contributed by atoms with E-state index in [0.29, 0.717) is 0 Å². The highest BCUT2D eigenvalue weighted by atomic mass is 127. The molecule has 0 aliphatic carbocycles. The summed E-state index contributed by atoms with van der Waals surface area (Å²) in [7, 11) is 0. The maximum absolute atomic E-state index is 4.27. The SMILES string of the molecule is I[C@@H]1C=c2cccnc2=N1. The van der Waals surface area contributed by atoms with Crippen LogP contribution in [0.15, 0.2) is 23.3 Å². The van der Waals surface area contributed by atoms with Gasteiger partial charge in [0.05, 0.1) is 0 Å². The summed E-state index contributed by atoms with van der Waals surface area (Å²) in [4.78, 5) is 8.38. The lowest BCUT2D eigenvalue weighted by atomic mass is 10.4. The molecule has 0 radical (unpaired) electrons. The van der Waals surface area contributed by atoms with Crippen LogP contribution < -0.4 is 10.7 Å². The quantitative estimate of drug-likeness (QED) is 0.365. The number of rotatable bonds is 0. The highest BCUT2D eigenvalue weighted by Crippen LogP contribution is 2.03. The van der Waals surface area contributed by atoms with Crippen LogP contribution in [0.1, 0.15) is 0 Å². The van der Waals surface area contributed by atoms with Gasteiger partial charge < -0.3 is 0 Å². The molecular weight excluding hydrogens is 239 g/mol. The summed E-state index contributed by atoms with van der Waals surface area (Å²) in [6.45, 7) is 0. The van der Waals surface area contributed by atoms with Gasteiger partial charge in [-0.1, -0.05) is 22.6 Å².